The predicted octanol–water partition coefficient (Wildman–Crippen LogP) is 1.77. The Morgan fingerprint density at radius 2 is 1.71 bits per heavy atom. The molecule has 132 valence electrons. The molecular weight excluding hydrogens is 345 g/mol. The molecule has 2 aliphatic rings. The highest BCUT2D eigenvalue weighted by molar-refractivity contribution is 7.99. The molecule has 1 aromatic rings. The first-order valence-corrected chi connectivity index (χ1v) is 10.8. The fourth-order valence-electron chi connectivity index (χ4n) is 2.70. The van der Waals surface area contributed by atoms with Crippen LogP contribution in [0, 0.1) is 0 Å². The molecule has 2 aliphatic heterocycles. The van der Waals surface area contributed by atoms with E-state index in [-0.39, 0.29) is 10.9 Å². The Morgan fingerprint density at radius 1 is 1.12 bits per heavy atom. The molecule has 0 saturated carbocycles. The van der Waals surface area contributed by atoms with Crippen LogP contribution >= 0.6 is 11.8 Å². The second-order valence-electron chi connectivity index (χ2n) is 7.34. The van der Waals surface area contributed by atoms with Gasteiger partial charge in [0.1, 0.15) is 0 Å². The van der Waals surface area contributed by atoms with Crippen molar-refractivity contribution in [3.05, 3.63) is 24.3 Å². The Balaban J connectivity index is 1.74. The molecule has 0 aliphatic carbocycles. The quantitative estimate of drug-likeness (QED) is 0.820. The first-order valence-electron chi connectivity index (χ1n) is 8.16. The number of rotatable bonds is 4. The van der Waals surface area contributed by atoms with E-state index in [2.05, 4.69) is 4.72 Å². The molecule has 5 nitrogen and oxygen atoms in total. The number of thioether (sulfide) groups is 1. The highest BCUT2D eigenvalue weighted by Crippen LogP contribution is 2.36. The average Bonchev–Trinajstić information content (AvgIpc) is 3.05. The van der Waals surface area contributed by atoms with Crippen LogP contribution in [0.25, 0.3) is 0 Å². The minimum absolute atomic E-state index is 0.0303. The van der Waals surface area contributed by atoms with Crippen LogP contribution < -0.4 is 10.2 Å². The summed E-state index contributed by atoms with van der Waals surface area (Å²) in [6.45, 7) is 7.98. The maximum Gasteiger partial charge on any atom is 0.494 e. The SMILES string of the molecule is CC1(C)OB(c2ccc(S(=O)(=O)NC3CCSC3)cc2)OC1(C)C. The van der Waals surface area contributed by atoms with Crippen LogP contribution in [0.1, 0.15) is 34.1 Å². The van der Waals surface area contributed by atoms with Crippen LogP contribution in [0.2, 0.25) is 0 Å². The van der Waals surface area contributed by atoms with Crippen LogP contribution in [0.4, 0.5) is 0 Å². The van der Waals surface area contributed by atoms with Crippen molar-refractivity contribution in [2.45, 2.75) is 56.3 Å². The molecule has 0 bridgehead atoms. The first kappa shape index (κ1) is 18.3. The van der Waals surface area contributed by atoms with Crippen molar-refractivity contribution in [1.82, 2.24) is 4.72 Å². The summed E-state index contributed by atoms with van der Waals surface area (Å²) in [6.07, 6.45) is 0.885. The van der Waals surface area contributed by atoms with Gasteiger partial charge in [0.05, 0.1) is 16.1 Å². The third-order valence-corrected chi connectivity index (χ3v) is 7.67. The maximum absolute atomic E-state index is 12.4. The van der Waals surface area contributed by atoms with Gasteiger partial charge in [0.15, 0.2) is 0 Å². The van der Waals surface area contributed by atoms with Crippen molar-refractivity contribution in [1.29, 1.82) is 0 Å². The molecule has 0 aromatic heterocycles. The molecule has 24 heavy (non-hydrogen) atoms. The summed E-state index contributed by atoms with van der Waals surface area (Å²) in [5.74, 6) is 1.85. The minimum Gasteiger partial charge on any atom is -0.399 e. The van der Waals surface area contributed by atoms with E-state index in [1.54, 1.807) is 36.0 Å². The van der Waals surface area contributed by atoms with Crippen molar-refractivity contribution < 1.29 is 17.7 Å². The zero-order valence-electron chi connectivity index (χ0n) is 14.5. The van der Waals surface area contributed by atoms with Gasteiger partial charge in [-0.15, -0.1) is 0 Å². The first-order chi connectivity index (χ1) is 11.1. The molecule has 0 radical (unpaired) electrons. The minimum atomic E-state index is -3.47. The standard InChI is InChI=1S/C16H24BNO4S2/c1-15(2)16(3,4)22-17(21-15)12-5-7-14(8-6-12)24(19,20)18-13-9-10-23-11-13/h5-8,13,18H,9-11H2,1-4H3. The Hall–Kier alpha value is -0.535. The zero-order valence-corrected chi connectivity index (χ0v) is 16.2. The summed E-state index contributed by atoms with van der Waals surface area (Å²) in [4.78, 5) is 0.277. The smallest absolute Gasteiger partial charge is 0.399 e. The van der Waals surface area contributed by atoms with Crippen LogP contribution in [0.15, 0.2) is 29.2 Å². The molecule has 2 heterocycles. The summed E-state index contributed by atoms with van der Waals surface area (Å²) in [5.41, 5.74) is -0.00201. The molecule has 0 spiro atoms. The highest BCUT2D eigenvalue weighted by atomic mass is 32.2. The van der Waals surface area contributed by atoms with Gasteiger partial charge in [0.2, 0.25) is 10.0 Å². The van der Waals surface area contributed by atoms with Crippen LogP contribution in [0.5, 0.6) is 0 Å². The molecule has 1 N–H and O–H groups in total. The molecule has 2 fully saturated rings. The molecule has 0 amide bonds. The van der Waals surface area contributed by atoms with Gasteiger partial charge in [-0.3, -0.25) is 0 Å². The maximum atomic E-state index is 12.4. The number of nitrogens with one attached hydrogen (secondary N) is 1. The van der Waals surface area contributed by atoms with Crippen molar-refractivity contribution in [3.8, 4) is 0 Å². The van der Waals surface area contributed by atoms with Crippen LogP contribution in [-0.4, -0.2) is 44.3 Å². The third kappa shape index (κ3) is 3.53. The van der Waals surface area contributed by atoms with Gasteiger partial charge in [-0.25, -0.2) is 13.1 Å². The van der Waals surface area contributed by atoms with Gasteiger partial charge >= 0.3 is 7.12 Å². The van der Waals surface area contributed by atoms with E-state index in [4.69, 9.17) is 9.31 Å². The Kier molecular flexibility index (Phi) is 4.81. The zero-order chi connectivity index (χ0) is 17.6. The average molecular weight is 369 g/mol. The van der Waals surface area contributed by atoms with Gasteiger partial charge in [0, 0.05) is 11.8 Å². The van der Waals surface area contributed by atoms with Crippen LogP contribution in [-0.2, 0) is 19.3 Å². The van der Waals surface area contributed by atoms with Crippen molar-refractivity contribution >= 4 is 34.4 Å². The molecule has 1 aromatic carbocycles. The monoisotopic (exact) mass is 369 g/mol. The molecule has 1 unspecified atom stereocenters. The van der Waals surface area contributed by atoms with Crippen LogP contribution in [0.3, 0.4) is 0 Å². The summed E-state index contributed by atoms with van der Waals surface area (Å²) >= 11 is 1.78. The molecule has 1 atom stereocenters. The largest absolute Gasteiger partial charge is 0.494 e. The summed E-state index contributed by atoms with van der Waals surface area (Å²) in [6, 6.07) is 6.79. The molecule has 8 heteroatoms. The topological polar surface area (TPSA) is 64.6 Å². The van der Waals surface area contributed by atoms with E-state index in [9.17, 15) is 8.42 Å². The van der Waals surface area contributed by atoms with Gasteiger partial charge in [-0.2, -0.15) is 11.8 Å². The van der Waals surface area contributed by atoms with Crippen molar-refractivity contribution in [2.75, 3.05) is 11.5 Å². The predicted molar refractivity (Wildman–Crippen MR) is 98.2 cm³/mol. The number of hydrogen-bond donors (Lipinski definition) is 1. The number of hydrogen-bond acceptors (Lipinski definition) is 5. The molecule has 2 saturated heterocycles. The lowest BCUT2D eigenvalue weighted by Gasteiger charge is -2.32. The van der Waals surface area contributed by atoms with Gasteiger partial charge in [0.25, 0.3) is 0 Å². The van der Waals surface area contributed by atoms with E-state index >= 15 is 0 Å². The fraction of sp³-hybridized carbons (Fsp3) is 0.625. The highest BCUT2D eigenvalue weighted by Gasteiger charge is 2.51. The summed E-state index contributed by atoms with van der Waals surface area (Å²) in [5, 5.41) is 0. The Labute approximate surface area is 149 Å². The Morgan fingerprint density at radius 3 is 2.21 bits per heavy atom. The fourth-order valence-corrected chi connectivity index (χ4v) is 5.23. The molecular formula is C16H24BNO4S2. The number of benzene rings is 1. The summed E-state index contributed by atoms with van der Waals surface area (Å²) < 4.78 is 39.6. The van der Waals surface area contributed by atoms with E-state index in [0.717, 1.165) is 23.4 Å². The Bertz CT molecular complexity index is 681. The normalized spacial score (nSPS) is 26.0. The van der Waals surface area contributed by atoms with E-state index in [1.165, 1.54) is 0 Å². The summed E-state index contributed by atoms with van der Waals surface area (Å²) in [7, 11) is -3.96. The second-order valence-corrected chi connectivity index (χ2v) is 10.2. The van der Waals surface area contributed by atoms with Crippen molar-refractivity contribution in [3.63, 3.8) is 0 Å². The van der Waals surface area contributed by atoms with Gasteiger partial charge < -0.3 is 9.31 Å². The second kappa shape index (κ2) is 6.32. The van der Waals surface area contributed by atoms with Crippen molar-refractivity contribution in [2.24, 2.45) is 0 Å². The van der Waals surface area contributed by atoms with E-state index < -0.39 is 28.3 Å². The van der Waals surface area contributed by atoms with Gasteiger partial charge in [-0.1, -0.05) is 12.1 Å². The van der Waals surface area contributed by atoms with Gasteiger partial charge in [-0.05, 0) is 57.5 Å². The lowest BCUT2D eigenvalue weighted by molar-refractivity contribution is 0.00578. The third-order valence-electron chi connectivity index (χ3n) is 4.97. The molecule has 3 rings (SSSR count). The van der Waals surface area contributed by atoms with E-state index in [1.807, 2.05) is 27.7 Å². The lowest BCUT2D eigenvalue weighted by atomic mass is 9.79. The lowest BCUT2D eigenvalue weighted by Crippen LogP contribution is -2.41. The number of sulfonamides is 1. The van der Waals surface area contributed by atoms with E-state index in [0.29, 0.717) is 0 Å².